The van der Waals surface area contributed by atoms with Crippen molar-refractivity contribution >= 4 is 23.1 Å². The molecule has 6 heteroatoms. The number of nitrogens with one attached hydrogen (secondary N) is 2. The first-order valence-corrected chi connectivity index (χ1v) is 7.42. The van der Waals surface area contributed by atoms with Crippen molar-refractivity contribution in [3.05, 3.63) is 28.3 Å². The molecule has 19 heavy (non-hydrogen) atoms. The fourth-order valence-corrected chi connectivity index (χ4v) is 3.11. The van der Waals surface area contributed by atoms with Crippen molar-refractivity contribution in [2.75, 3.05) is 5.32 Å². The van der Waals surface area contributed by atoms with Crippen LogP contribution in [0.25, 0.3) is 0 Å². The van der Waals surface area contributed by atoms with E-state index in [-0.39, 0.29) is 5.91 Å². The maximum atomic E-state index is 11.8. The summed E-state index contributed by atoms with van der Waals surface area (Å²) in [6.45, 7) is 0. The molecule has 0 aromatic carbocycles. The van der Waals surface area contributed by atoms with Gasteiger partial charge in [0.1, 0.15) is 0 Å². The van der Waals surface area contributed by atoms with E-state index in [1.807, 2.05) is 6.07 Å². The van der Waals surface area contributed by atoms with E-state index in [0.29, 0.717) is 18.2 Å². The van der Waals surface area contributed by atoms with Crippen LogP contribution in [0.3, 0.4) is 0 Å². The van der Waals surface area contributed by atoms with Gasteiger partial charge in [-0.25, -0.2) is 0 Å². The summed E-state index contributed by atoms with van der Waals surface area (Å²) in [7, 11) is 0. The second-order valence-corrected chi connectivity index (χ2v) is 5.85. The third kappa shape index (κ3) is 3.01. The van der Waals surface area contributed by atoms with Crippen molar-refractivity contribution in [3.8, 4) is 0 Å². The van der Waals surface area contributed by atoms with Crippen molar-refractivity contribution in [1.82, 2.24) is 15.2 Å². The van der Waals surface area contributed by atoms with Crippen LogP contribution < -0.4 is 5.32 Å². The van der Waals surface area contributed by atoms with Gasteiger partial charge in [-0.15, -0.1) is 11.3 Å². The van der Waals surface area contributed by atoms with Crippen LogP contribution in [0, 0.1) is 0 Å². The van der Waals surface area contributed by atoms with Crippen LogP contribution >= 0.6 is 11.3 Å². The Labute approximate surface area is 115 Å². The Kier molecular flexibility index (Phi) is 3.59. The van der Waals surface area contributed by atoms with Crippen LogP contribution in [-0.2, 0) is 11.2 Å². The molecule has 1 fully saturated rings. The molecule has 3 rings (SSSR count). The Morgan fingerprint density at radius 3 is 3.05 bits per heavy atom. The summed E-state index contributed by atoms with van der Waals surface area (Å²) in [5.74, 6) is 1.16. The predicted octanol–water partition coefficient (Wildman–Crippen LogP) is 2.71. The number of aromatic amines is 1. The highest BCUT2D eigenvalue weighted by molar-refractivity contribution is 7.09. The Hall–Kier alpha value is -1.69. The van der Waals surface area contributed by atoms with E-state index in [2.05, 4.69) is 20.5 Å². The van der Waals surface area contributed by atoms with Gasteiger partial charge in [0.25, 0.3) is 0 Å². The lowest BCUT2D eigenvalue weighted by Gasteiger charge is -2.03. The Bertz CT molecular complexity index is 543. The number of H-pyrrole nitrogens is 1. The third-order valence-corrected chi connectivity index (χ3v) is 4.26. The van der Waals surface area contributed by atoms with Gasteiger partial charge in [0.2, 0.25) is 5.91 Å². The predicted molar refractivity (Wildman–Crippen MR) is 74.2 cm³/mol. The van der Waals surface area contributed by atoms with Crippen LogP contribution in [0.1, 0.15) is 42.2 Å². The summed E-state index contributed by atoms with van der Waals surface area (Å²) in [4.78, 5) is 16.7. The molecule has 2 N–H and O–H groups in total. The monoisotopic (exact) mass is 276 g/mol. The summed E-state index contributed by atoms with van der Waals surface area (Å²) in [5, 5.41) is 10.0. The molecule has 100 valence electrons. The van der Waals surface area contributed by atoms with E-state index >= 15 is 0 Å². The number of carbonyl (C=O) groups is 1. The third-order valence-electron chi connectivity index (χ3n) is 3.48. The normalized spacial score (nSPS) is 15.8. The molecule has 0 saturated heterocycles. The molecule has 1 amide bonds. The van der Waals surface area contributed by atoms with Crippen LogP contribution in [0.2, 0.25) is 0 Å². The lowest BCUT2D eigenvalue weighted by atomic mass is 10.0. The first kappa shape index (κ1) is 12.3. The molecular formula is C13H16N4OS. The van der Waals surface area contributed by atoms with Gasteiger partial charge in [0, 0.05) is 28.8 Å². The quantitative estimate of drug-likeness (QED) is 0.902. The smallest absolute Gasteiger partial charge is 0.230 e. The number of hydrogen-bond donors (Lipinski definition) is 2. The largest absolute Gasteiger partial charge is 0.309 e. The lowest BCUT2D eigenvalue weighted by Crippen LogP contribution is -2.13. The zero-order valence-electron chi connectivity index (χ0n) is 10.6. The van der Waals surface area contributed by atoms with Crippen molar-refractivity contribution in [2.45, 2.75) is 38.0 Å². The molecule has 1 saturated carbocycles. The lowest BCUT2D eigenvalue weighted by molar-refractivity contribution is -0.115. The first-order valence-electron chi connectivity index (χ1n) is 6.54. The molecule has 0 atom stereocenters. The summed E-state index contributed by atoms with van der Waals surface area (Å²) >= 11 is 1.49. The molecule has 0 unspecified atom stereocenters. The van der Waals surface area contributed by atoms with Gasteiger partial charge < -0.3 is 5.32 Å². The molecule has 2 heterocycles. The molecule has 0 bridgehead atoms. The second-order valence-electron chi connectivity index (χ2n) is 4.88. The van der Waals surface area contributed by atoms with Gasteiger partial charge in [-0.1, -0.05) is 12.8 Å². The van der Waals surface area contributed by atoms with Crippen LogP contribution in [0.15, 0.2) is 17.8 Å². The van der Waals surface area contributed by atoms with E-state index in [0.717, 1.165) is 10.6 Å². The molecule has 2 aromatic rings. The van der Waals surface area contributed by atoms with Gasteiger partial charge in [-0.3, -0.25) is 14.9 Å². The van der Waals surface area contributed by atoms with Crippen LogP contribution in [0.5, 0.6) is 0 Å². The zero-order valence-corrected chi connectivity index (χ0v) is 11.4. The molecule has 0 radical (unpaired) electrons. The van der Waals surface area contributed by atoms with Gasteiger partial charge >= 0.3 is 0 Å². The maximum Gasteiger partial charge on any atom is 0.230 e. The Morgan fingerprint density at radius 2 is 2.32 bits per heavy atom. The van der Waals surface area contributed by atoms with E-state index in [1.165, 1.54) is 37.0 Å². The molecule has 5 nitrogen and oxygen atoms in total. The fraction of sp³-hybridized carbons (Fsp3) is 0.462. The van der Waals surface area contributed by atoms with Crippen molar-refractivity contribution in [1.29, 1.82) is 0 Å². The average molecular weight is 276 g/mol. The second kappa shape index (κ2) is 5.52. The summed E-state index contributed by atoms with van der Waals surface area (Å²) < 4.78 is 0. The minimum Gasteiger partial charge on any atom is -0.309 e. The Balaban J connectivity index is 1.59. The van der Waals surface area contributed by atoms with E-state index in [9.17, 15) is 4.79 Å². The summed E-state index contributed by atoms with van der Waals surface area (Å²) in [6, 6.07) is 1.96. The molecular weight excluding hydrogens is 260 g/mol. The number of amides is 1. The van der Waals surface area contributed by atoms with Crippen molar-refractivity contribution < 1.29 is 4.79 Å². The number of thiazole rings is 1. The van der Waals surface area contributed by atoms with E-state index in [1.54, 1.807) is 11.7 Å². The fourth-order valence-electron chi connectivity index (χ4n) is 2.52. The molecule has 0 aliphatic heterocycles. The van der Waals surface area contributed by atoms with Crippen LogP contribution in [-0.4, -0.2) is 21.1 Å². The zero-order chi connectivity index (χ0) is 13.1. The van der Waals surface area contributed by atoms with E-state index in [4.69, 9.17) is 0 Å². The number of carbonyl (C=O) groups excluding carboxylic acids is 1. The average Bonchev–Trinajstić information content (AvgIpc) is 3.09. The standard InChI is InChI=1S/C13H16N4OS/c18-13(5-10-7-14-8-19-10)15-12-6-11(16-17-12)9-3-1-2-4-9/h6-9H,1-5H2,(H2,15,16,17,18). The minimum atomic E-state index is -0.0475. The molecule has 1 aliphatic rings. The number of anilines is 1. The maximum absolute atomic E-state index is 11.8. The van der Waals surface area contributed by atoms with Gasteiger partial charge in [-0.05, 0) is 12.8 Å². The molecule has 2 aromatic heterocycles. The van der Waals surface area contributed by atoms with Crippen LogP contribution in [0.4, 0.5) is 5.82 Å². The van der Waals surface area contributed by atoms with Gasteiger partial charge in [0.05, 0.1) is 11.9 Å². The topological polar surface area (TPSA) is 70.7 Å². The minimum absolute atomic E-state index is 0.0475. The van der Waals surface area contributed by atoms with Gasteiger partial charge in [-0.2, -0.15) is 5.10 Å². The SMILES string of the molecule is O=C(Cc1cncs1)Nc1cc(C2CCCC2)[nH]n1. The first-order chi connectivity index (χ1) is 9.31. The number of nitrogens with zero attached hydrogens (tertiary/aromatic N) is 2. The highest BCUT2D eigenvalue weighted by Gasteiger charge is 2.19. The molecule has 1 aliphatic carbocycles. The number of hydrogen-bond acceptors (Lipinski definition) is 4. The highest BCUT2D eigenvalue weighted by Crippen LogP contribution is 2.33. The Morgan fingerprint density at radius 1 is 1.47 bits per heavy atom. The summed E-state index contributed by atoms with van der Waals surface area (Å²) in [6.07, 6.45) is 7.09. The molecule has 0 spiro atoms. The highest BCUT2D eigenvalue weighted by atomic mass is 32.1. The number of aromatic nitrogens is 3. The van der Waals surface area contributed by atoms with E-state index < -0.39 is 0 Å². The van der Waals surface area contributed by atoms with Crippen molar-refractivity contribution in [2.24, 2.45) is 0 Å². The number of rotatable bonds is 4. The van der Waals surface area contributed by atoms with Gasteiger partial charge in [0.15, 0.2) is 5.82 Å². The van der Waals surface area contributed by atoms with Crippen molar-refractivity contribution in [3.63, 3.8) is 0 Å². The summed E-state index contributed by atoms with van der Waals surface area (Å²) in [5.41, 5.74) is 2.88.